The number of aromatic nitrogens is 2. The highest BCUT2D eigenvalue weighted by Gasteiger charge is 2.15. The van der Waals surface area contributed by atoms with Crippen molar-refractivity contribution in [2.45, 2.75) is 149 Å². The van der Waals surface area contributed by atoms with Gasteiger partial charge in [-0.25, -0.2) is 4.98 Å². The van der Waals surface area contributed by atoms with Crippen LogP contribution in [-0.2, 0) is 0 Å². The SMILES string of the molecule is CCCCCCCCCCCC(C)c1nccn1C(C)CCCCCCCC. The van der Waals surface area contributed by atoms with Crippen LogP contribution >= 0.6 is 0 Å². The zero-order chi connectivity index (χ0) is 20.5. The molecular formula is C26H50N2. The molecular weight excluding hydrogens is 340 g/mol. The predicted octanol–water partition coefficient (Wildman–Crippen LogP) is 9.22. The van der Waals surface area contributed by atoms with Gasteiger partial charge < -0.3 is 4.57 Å². The van der Waals surface area contributed by atoms with Gasteiger partial charge in [0.15, 0.2) is 0 Å². The summed E-state index contributed by atoms with van der Waals surface area (Å²) in [6.45, 7) is 9.34. The summed E-state index contributed by atoms with van der Waals surface area (Å²) in [5, 5.41) is 0. The van der Waals surface area contributed by atoms with Crippen LogP contribution in [0.15, 0.2) is 12.4 Å². The van der Waals surface area contributed by atoms with Crippen LogP contribution in [0.1, 0.15) is 155 Å². The third-order valence-corrected chi connectivity index (χ3v) is 6.33. The van der Waals surface area contributed by atoms with Crippen LogP contribution in [0.3, 0.4) is 0 Å². The molecule has 0 bridgehead atoms. The van der Waals surface area contributed by atoms with E-state index in [0.717, 1.165) is 0 Å². The Kier molecular flexibility index (Phi) is 15.4. The Morgan fingerprint density at radius 3 is 1.68 bits per heavy atom. The van der Waals surface area contributed by atoms with E-state index >= 15 is 0 Å². The van der Waals surface area contributed by atoms with Crippen molar-refractivity contribution in [1.29, 1.82) is 0 Å². The van der Waals surface area contributed by atoms with E-state index in [2.05, 4.69) is 38.5 Å². The minimum absolute atomic E-state index is 0.589. The smallest absolute Gasteiger partial charge is 0.111 e. The van der Waals surface area contributed by atoms with Gasteiger partial charge in [0, 0.05) is 24.4 Å². The third kappa shape index (κ3) is 11.3. The van der Waals surface area contributed by atoms with Crippen molar-refractivity contribution >= 4 is 0 Å². The number of imidazole rings is 1. The fourth-order valence-corrected chi connectivity index (χ4v) is 4.33. The minimum Gasteiger partial charge on any atom is -0.332 e. The van der Waals surface area contributed by atoms with E-state index in [1.807, 2.05) is 6.20 Å². The highest BCUT2D eigenvalue weighted by Crippen LogP contribution is 2.26. The molecule has 2 atom stereocenters. The van der Waals surface area contributed by atoms with E-state index in [-0.39, 0.29) is 0 Å². The molecule has 0 N–H and O–H groups in total. The molecule has 2 unspecified atom stereocenters. The maximum absolute atomic E-state index is 4.73. The molecule has 0 aromatic carbocycles. The second-order valence-electron chi connectivity index (χ2n) is 9.12. The normalized spacial score (nSPS) is 13.7. The Hall–Kier alpha value is -0.790. The van der Waals surface area contributed by atoms with E-state index in [1.165, 1.54) is 115 Å². The number of hydrogen-bond donors (Lipinski definition) is 0. The predicted molar refractivity (Wildman–Crippen MR) is 125 cm³/mol. The lowest BCUT2D eigenvalue weighted by molar-refractivity contribution is 0.436. The molecule has 0 aliphatic carbocycles. The molecule has 0 aliphatic heterocycles. The van der Waals surface area contributed by atoms with Gasteiger partial charge in [0.05, 0.1) is 0 Å². The Morgan fingerprint density at radius 2 is 1.14 bits per heavy atom. The van der Waals surface area contributed by atoms with E-state index in [1.54, 1.807) is 0 Å². The molecule has 1 aromatic heterocycles. The van der Waals surface area contributed by atoms with Crippen LogP contribution in [-0.4, -0.2) is 9.55 Å². The summed E-state index contributed by atoms with van der Waals surface area (Å²) in [6, 6.07) is 0.592. The Bertz CT molecular complexity index is 451. The minimum atomic E-state index is 0.589. The Balaban J connectivity index is 2.18. The first kappa shape index (κ1) is 25.2. The van der Waals surface area contributed by atoms with Crippen molar-refractivity contribution < 1.29 is 0 Å². The van der Waals surface area contributed by atoms with Crippen LogP contribution in [0, 0.1) is 0 Å². The van der Waals surface area contributed by atoms with Gasteiger partial charge >= 0.3 is 0 Å². The van der Waals surface area contributed by atoms with Crippen molar-refractivity contribution in [2.24, 2.45) is 0 Å². The van der Waals surface area contributed by atoms with Crippen molar-refractivity contribution in [1.82, 2.24) is 9.55 Å². The van der Waals surface area contributed by atoms with E-state index in [4.69, 9.17) is 4.98 Å². The average molecular weight is 391 g/mol. The lowest BCUT2D eigenvalue weighted by atomic mass is 10.00. The van der Waals surface area contributed by atoms with Crippen LogP contribution in [0.4, 0.5) is 0 Å². The van der Waals surface area contributed by atoms with Crippen molar-refractivity contribution in [3.05, 3.63) is 18.2 Å². The first-order valence-corrected chi connectivity index (χ1v) is 12.7. The molecule has 164 valence electrons. The molecule has 1 heterocycles. The van der Waals surface area contributed by atoms with Gasteiger partial charge in [-0.1, -0.05) is 117 Å². The summed E-state index contributed by atoms with van der Waals surface area (Å²) in [5.74, 6) is 1.91. The molecule has 0 amide bonds. The zero-order valence-electron chi connectivity index (χ0n) is 19.7. The largest absolute Gasteiger partial charge is 0.332 e. The molecule has 28 heavy (non-hydrogen) atoms. The second kappa shape index (κ2) is 17.1. The van der Waals surface area contributed by atoms with Gasteiger partial charge in [0.25, 0.3) is 0 Å². The monoisotopic (exact) mass is 390 g/mol. The highest BCUT2D eigenvalue weighted by atomic mass is 15.1. The average Bonchev–Trinajstić information content (AvgIpc) is 3.19. The Morgan fingerprint density at radius 1 is 0.679 bits per heavy atom. The Labute approximate surface area is 176 Å². The second-order valence-corrected chi connectivity index (χ2v) is 9.12. The topological polar surface area (TPSA) is 17.8 Å². The summed E-state index contributed by atoms with van der Waals surface area (Å²) < 4.78 is 2.46. The van der Waals surface area contributed by atoms with Gasteiger partial charge in [-0.05, 0) is 19.8 Å². The standard InChI is InChI=1S/C26H50N2/c1-5-7-9-11-13-14-15-16-18-20-24(3)26-27-22-23-28(26)25(4)21-19-17-12-10-8-6-2/h22-25H,5-21H2,1-4H3. The quantitative estimate of drug-likeness (QED) is 0.215. The van der Waals surface area contributed by atoms with Gasteiger partial charge in [0.1, 0.15) is 5.82 Å². The number of nitrogens with zero attached hydrogens (tertiary/aromatic N) is 2. The number of hydrogen-bond acceptors (Lipinski definition) is 1. The maximum Gasteiger partial charge on any atom is 0.111 e. The van der Waals surface area contributed by atoms with E-state index in [9.17, 15) is 0 Å². The van der Waals surface area contributed by atoms with Gasteiger partial charge in [0.2, 0.25) is 0 Å². The van der Waals surface area contributed by atoms with Crippen LogP contribution in [0.5, 0.6) is 0 Å². The highest BCUT2D eigenvalue weighted by molar-refractivity contribution is 5.00. The molecule has 2 nitrogen and oxygen atoms in total. The summed E-state index contributed by atoms with van der Waals surface area (Å²) >= 11 is 0. The van der Waals surface area contributed by atoms with Gasteiger partial charge in [-0.3, -0.25) is 0 Å². The van der Waals surface area contributed by atoms with E-state index in [0.29, 0.717) is 12.0 Å². The molecule has 2 heteroatoms. The van der Waals surface area contributed by atoms with Crippen molar-refractivity contribution in [3.63, 3.8) is 0 Å². The van der Waals surface area contributed by atoms with Crippen LogP contribution in [0.2, 0.25) is 0 Å². The van der Waals surface area contributed by atoms with E-state index < -0.39 is 0 Å². The number of rotatable bonds is 19. The molecule has 0 saturated carbocycles. The maximum atomic E-state index is 4.73. The third-order valence-electron chi connectivity index (χ3n) is 6.33. The molecule has 1 aromatic rings. The molecule has 0 saturated heterocycles. The first-order valence-electron chi connectivity index (χ1n) is 12.7. The molecule has 0 spiro atoms. The van der Waals surface area contributed by atoms with Crippen molar-refractivity contribution in [3.8, 4) is 0 Å². The lowest BCUT2D eigenvalue weighted by Gasteiger charge is -2.20. The fraction of sp³-hybridized carbons (Fsp3) is 0.885. The molecule has 0 aliphatic rings. The van der Waals surface area contributed by atoms with Gasteiger partial charge in [-0.15, -0.1) is 0 Å². The number of unbranched alkanes of at least 4 members (excludes halogenated alkanes) is 13. The fourth-order valence-electron chi connectivity index (χ4n) is 4.33. The summed E-state index contributed by atoms with van der Waals surface area (Å²) in [6.07, 6.45) is 27.8. The zero-order valence-corrected chi connectivity index (χ0v) is 19.7. The lowest BCUT2D eigenvalue weighted by Crippen LogP contribution is -2.11. The summed E-state index contributed by atoms with van der Waals surface area (Å²) in [5.41, 5.74) is 0. The summed E-state index contributed by atoms with van der Waals surface area (Å²) in [4.78, 5) is 4.73. The molecule has 1 rings (SSSR count). The molecule has 0 radical (unpaired) electrons. The van der Waals surface area contributed by atoms with Crippen LogP contribution < -0.4 is 0 Å². The molecule has 0 fully saturated rings. The first-order chi connectivity index (χ1) is 13.7. The summed E-state index contributed by atoms with van der Waals surface area (Å²) in [7, 11) is 0. The van der Waals surface area contributed by atoms with Crippen molar-refractivity contribution in [2.75, 3.05) is 0 Å². The van der Waals surface area contributed by atoms with Crippen LogP contribution in [0.25, 0.3) is 0 Å². The van der Waals surface area contributed by atoms with Gasteiger partial charge in [-0.2, -0.15) is 0 Å².